The number of rotatable bonds is 8. The largest absolute Gasteiger partial charge is 0.872 e. The number of ketones is 1. The van der Waals surface area contributed by atoms with Gasteiger partial charge in [0.15, 0.2) is 0 Å². The lowest BCUT2D eigenvalue weighted by Crippen LogP contribution is -3.05. The Morgan fingerprint density at radius 2 is 1.71 bits per heavy atom. The fourth-order valence-electron chi connectivity index (χ4n) is 3.80. The second-order valence-corrected chi connectivity index (χ2v) is 8.39. The van der Waals surface area contributed by atoms with Gasteiger partial charge in [-0.25, -0.2) is 0 Å². The van der Waals surface area contributed by atoms with E-state index in [1.807, 2.05) is 58.3 Å². The molecule has 1 unspecified atom stereocenters. The van der Waals surface area contributed by atoms with Crippen molar-refractivity contribution >= 4 is 17.4 Å². The van der Waals surface area contributed by atoms with Gasteiger partial charge in [0.2, 0.25) is 5.78 Å². The van der Waals surface area contributed by atoms with Crippen LogP contribution in [0, 0.1) is 0 Å². The van der Waals surface area contributed by atoms with Crippen LogP contribution < -0.4 is 14.7 Å². The third-order valence-corrected chi connectivity index (χ3v) is 5.21. The summed E-state index contributed by atoms with van der Waals surface area (Å²) < 4.78 is 5.71. The van der Waals surface area contributed by atoms with Gasteiger partial charge in [-0.2, -0.15) is 0 Å². The first-order chi connectivity index (χ1) is 14.8. The lowest BCUT2D eigenvalue weighted by molar-refractivity contribution is -0.858. The van der Waals surface area contributed by atoms with E-state index in [1.54, 1.807) is 29.2 Å². The number of benzene rings is 2. The van der Waals surface area contributed by atoms with Crippen LogP contribution in [-0.4, -0.2) is 49.9 Å². The minimum Gasteiger partial charge on any atom is -0.872 e. The maximum Gasteiger partial charge on any atom is 0.295 e. The molecule has 3 rings (SSSR count). The van der Waals surface area contributed by atoms with Crippen molar-refractivity contribution in [3.8, 4) is 5.75 Å². The number of hydrogen-bond acceptors (Lipinski definition) is 4. The number of nitrogens with zero attached hydrogens (tertiary/aromatic N) is 1. The van der Waals surface area contributed by atoms with Crippen molar-refractivity contribution in [2.45, 2.75) is 32.4 Å². The molecule has 31 heavy (non-hydrogen) atoms. The molecule has 1 aliphatic rings. The Labute approximate surface area is 183 Å². The summed E-state index contributed by atoms with van der Waals surface area (Å²) in [4.78, 5) is 28.6. The number of quaternary nitrogens is 1. The Balaban J connectivity index is 2.04. The number of likely N-dealkylation sites (tertiary alicyclic amines) is 1. The molecule has 6 heteroatoms. The van der Waals surface area contributed by atoms with Gasteiger partial charge in [-0.15, -0.1) is 0 Å². The van der Waals surface area contributed by atoms with Crippen molar-refractivity contribution in [1.29, 1.82) is 0 Å². The third-order valence-electron chi connectivity index (χ3n) is 5.21. The van der Waals surface area contributed by atoms with E-state index in [0.717, 1.165) is 18.5 Å². The highest BCUT2D eigenvalue weighted by Gasteiger charge is 2.43. The molecule has 1 amide bonds. The van der Waals surface area contributed by atoms with Crippen LogP contribution in [-0.2, 0) is 9.59 Å². The number of Topliss-reactive ketones (excluding diaryl/α,β-unsaturated/α-hetero) is 1. The molecule has 6 nitrogen and oxygen atoms in total. The highest BCUT2D eigenvalue weighted by atomic mass is 16.5. The first kappa shape index (κ1) is 22.6. The topological polar surface area (TPSA) is 74.1 Å². The molecule has 1 N–H and O–H groups in total. The predicted octanol–water partition coefficient (Wildman–Crippen LogP) is 1.23. The van der Waals surface area contributed by atoms with Gasteiger partial charge < -0.3 is 19.6 Å². The molecular weight excluding hydrogens is 392 g/mol. The van der Waals surface area contributed by atoms with Gasteiger partial charge in [-0.1, -0.05) is 48.2 Å². The Bertz CT molecular complexity index is 949. The van der Waals surface area contributed by atoms with Crippen LogP contribution in [0.3, 0.4) is 0 Å². The van der Waals surface area contributed by atoms with Crippen LogP contribution >= 0.6 is 0 Å². The molecule has 0 radical (unpaired) electrons. The zero-order valence-electron chi connectivity index (χ0n) is 18.6. The van der Waals surface area contributed by atoms with Crippen LogP contribution in [0.15, 0.2) is 60.2 Å². The molecule has 2 aromatic rings. The van der Waals surface area contributed by atoms with Crippen molar-refractivity contribution in [1.82, 2.24) is 4.90 Å². The molecular formula is C25H30N2O4. The fourth-order valence-corrected chi connectivity index (χ4v) is 3.80. The SMILES string of the molecule is CC(C)Oc1ccc(C2C(=C([O-])c3ccccc3)C(=O)C(=O)N2CCC[NH+](C)C)cc1. The summed E-state index contributed by atoms with van der Waals surface area (Å²) in [6, 6.07) is 15.2. The molecule has 1 aliphatic heterocycles. The molecule has 1 atom stereocenters. The van der Waals surface area contributed by atoms with Gasteiger partial charge in [-0.05, 0) is 37.1 Å². The molecule has 1 saturated heterocycles. The Morgan fingerprint density at radius 3 is 2.29 bits per heavy atom. The van der Waals surface area contributed by atoms with Crippen molar-refractivity contribution in [2.24, 2.45) is 0 Å². The molecule has 0 aliphatic carbocycles. The van der Waals surface area contributed by atoms with E-state index in [2.05, 4.69) is 0 Å². The first-order valence-corrected chi connectivity index (χ1v) is 10.7. The fraction of sp³-hybridized carbons (Fsp3) is 0.360. The van der Waals surface area contributed by atoms with Crippen molar-refractivity contribution in [3.63, 3.8) is 0 Å². The average molecular weight is 423 g/mol. The minimum absolute atomic E-state index is 0.0194. The lowest BCUT2D eigenvalue weighted by atomic mass is 9.95. The number of nitrogens with one attached hydrogen (secondary N) is 1. The molecule has 164 valence electrons. The summed E-state index contributed by atoms with van der Waals surface area (Å²) in [7, 11) is 4.08. The third kappa shape index (κ3) is 5.14. The van der Waals surface area contributed by atoms with E-state index in [0.29, 0.717) is 17.9 Å². The highest BCUT2D eigenvalue weighted by Crippen LogP contribution is 2.39. The summed E-state index contributed by atoms with van der Waals surface area (Å²) in [6.45, 7) is 5.16. The Hall–Kier alpha value is -3.12. The average Bonchev–Trinajstić information content (AvgIpc) is 2.99. The number of ether oxygens (including phenoxy) is 1. The number of amides is 1. The van der Waals surface area contributed by atoms with Crippen molar-refractivity contribution in [2.75, 3.05) is 27.2 Å². The van der Waals surface area contributed by atoms with Crippen LogP contribution in [0.5, 0.6) is 5.75 Å². The monoisotopic (exact) mass is 422 g/mol. The van der Waals surface area contributed by atoms with E-state index >= 15 is 0 Å². The van der Waals surface area contributed by atoms with Gasteiger partial charge in [0.25, 0.3) is 5.91 Å². The quantitative estimate of drug-likeness (QED) is 0.395. The van der Waals surface area contributed by atoms with Crippen LogP contribution in [0.4, 0.5) is 0 Å². The lowest BCUT2D eigenvalue weighted by Gasteiger charge is -2.28. The molecule has 1 heterocycles. The van der Waals surface area contributed by atoms with Gasteiger partial charge in [0.1, 0.15) is 5.75 Å². The van der Waals surface area contributed by atoms with Crippen LogP contribution in [0.25, 0.3) is 5.76 Å². The molecule has 0 spiro atoms. The molecule has 0 saturated carbocycles. The zero-order chi connectivity index (χ0) is 22.5. The maximum atomic E-state index is 13.3. The van der Waals surface area contributed by atoms with E-state index in [1.165, 1.54) is 4.90 Å². The molecule has 0 bridgehead atoms. The van der Waals surface area contributed by atoms with Gasteiger partial charge in [-0.3, -0.25) is 9.59 Å². The normalized spacial score (nSPS) is 18.3. The highest BCUT2D eigenvalue weighted by molar-refractivity contribution is 6.46. The van der Waals surface area contributed by atoms with Gasteiger partial charge in [0, 0.05) is 18.5 Å². The van der Waals surface area contributed by atoms with E-state index in [4.69, 9.17) is 4.74 Å². The number of carbonyl (C=O) groups excluding carboxylic acids is 2. The first-order valence-electron chi connectivity index (χ1n) is 10.7. The van der Waals surface area contributed by atoms with Crippen molar-refractivity contribution in [3.05, 3.63) is 71.3 Å². The second kappa shape index (κ2) is 9.79. The van der Waals surface area contributed by atoms with E-state index < -0.39 is 23.5 Å². The van der Waals surface area contributed by atoms with Crippen LogP contribution in [0.1, 0.15) is 37.4 Å². The Morgan fingerprint density at radius 1 is 1.06 bits per heavy atom. The van der Waals surface area contributed by atoms with E-state index in [9.17, 15) is 14.7 Å². The zero-order valence-corrected chi connectivity index (χ0v) is 18.6. The number of hydrogen-bond donors (Lipinski definition) is 1. The van der Waals surface area contributed by atoms with Gasteiger partial charge in [0.05, 0.1) is 32.8 Å². The minimum atomic E-state index is -0.710. The van der Waals surface area contributed by atoms with Crippen LogP contribution in [0.2, 0.25) is 0 Å². The van der Waals surface area contributed by atoms with Gasteiger partial charge >= 0.3 is 0 Å². The number of carbonyl (C=O) groups is 2. The second-order valence-electron chi connectivity index (χ2n) is 8.39. The molecule has 1 fully saturated rings. The standard InChI is InChI=1S/C25H30N2O4/c1-17(2)31-20-13-11-18(12-14-20)22-21(23(28)19-9-6-5-7-10-19)24(29)25(30)27(22)16-8-15-26(3)4/h5-7,9-14,17,22,28H,8,15-16H2,1-4H3. The summed E-state index contributed by atoms with van der Waals surface area (Å²) >= 11 is 0. The van der Waals surface area contributed by atoms with E-state index in [-0.39, 0.29) is 11.7 Å². The summed E-state index contributed by atoms with van der Waals surface area (Å²) in [5.74, 6) is -1.01. The summed E-state index contributed by atoms with van der Waals surface area (Å²) in [5.41, 5.74) is 1.15. The summed E-state index contributed by atoms with van der Waals surface area (Å²) in [6.07, 6.45) is 0.770. The Kier molecular flexibility index (Phi) is 7.13. The predicted molar refractivity (Wildman–Crippen MR) is 117 cm³/mol. The maximum absolute atomic E-state index is 13.3. The van der Waals surface area contributed by atoms with Crippen molar-refractivity contribution < 1.29 is 24.3 Å². The molecule has 0 aromatic heterocycles. The smallest absolute Gasteiger partial charge is 0.295 e. The molecule has 2 aromatic carbocycles. The summed E-state index contributed by atoms with van der Waals surface area (Å²) in [5, 5.41) is 13.3.